The van der Waals surface area contributed by atoms with Gasteiger partial charge in [-0.15, -0.1) is 0 Å². The van der Waals surface area contributed by atoms with Gasteiger partial charge >= 0.3 is 0 Å². The number of fused-ring (bicyclic) bond motifs is 1. The number of benzene rings is 2. The van der Waals surface area contributed by atoms with Crippen molar-refractivity contribution in [2.24, 2.45) is 5.73 Å². The second-order valence-corrected chi connectivity index (χ2v) is 5.87. The summed E-state index contributed by atoms with van der Waals surface area (Å²) in [5, 5.41) is 0. The normalized spacial score (nSPS) is 13.9. The number of carbonyl (C=O) groups is 2. The topological polar surface area (TPSA) is 97.1 Å². The molecule has 1 aliphatic rings. The van der Waals surface area contributed by atoms with Crippen LogP contribution in [-0.4, -0.2) is 32.5 Å². The minimum Gasteiger partial charge on any atom is -0.497 e. The third-order valence-electron chi connectivity index (χ3n) is 4.13. The number of Topliss-reactive ketones (excluding diaryl/α,β-unsaturated/α-hetero) is 1. The fourth-order valence-electron chi connectivity index (χ4n) is 2.77. The van der Waals surface area contributed by atoms with Crippen LogP contribution in [0.3, 0.4) is 0 Å². The van der Waals surface area contributed by atoms with Crippen molar-refractivity contribution in [3.05, 3.63) is 52.8 Å². The van der Waals surface area contributed by atoms with E-state index in [1.165, 1.54) is 0 Å². The highest BCUT2D eigenvalue weighted by Gasteiger charge is 2.30. The van der Waals surface area contributed by atoms with Crippen LogP contribution in [0, 0.1) is 6.92 Å². The monoisotopic (exact) mass is 369 g/mol. The molecule has 0 unspecified atom stereocenters. The molecule has 0 atom stereocenters. The molecule has 3 rings (SSSR count). The lowest BCUT2D eigenvalue weighted by molar-refractivity contribution is -0.119. The molecule has 0 radical (unpaired) electrons. The molecule has 2 N–H and O–H groups in total. The van der Waals surface area contributed by atoms with Crippen LogP contribution in [0.15, 0.2) is 36.1 Å². The standard InChI is InChI=1S/C20H19NO6/c1-11-15(26-10-18(21)22)7-5-14-19(23)17(27-20(11)14)9-12-8-13(24-2)4-6-16(12)25-3/h4-9H,10H2,1-3H3,(H2,21,22)/b17-9-. The molecule has 7 nitrogen and oxygen atoms in total. The molecular formula is C20H19NO6. The SMILES string of the molecule is COc1ccc(OC)c(/C=C2\Oc3c(ccc(OCC(N)=O)c3C)C2=O)c1. The van der Waals surface area contributed by atoms with E-state index in [0.717, 1.165) is 0 Å². The Labute approximate surface area is 156 Å². The third kappa shape index (κ3) is 3.57. The van der Waals surface area contributed by atoms with Crippen molar-refractivity contribution >= 4 is 17.8 Å². The fourth-order valence-corrected chi connectivity index (χ4v) is 2.77. The van der Waals surface area contributed by atoms with E-state index >= 15 is 0 Å². The average molecular weight is 369 g/mol. The predicted octanol–water partition coefficient (Wildman–Crippen LogP) is 2.49. The molecule has 0 bridgehead atoms. The zero-order valence-corrected chi connectivity index (χ0v) is 15.2. The number of ether oxygens (including phenoxy) is 4. The first-order valence-electron chi connectivity index (χ1n) is 8.15. The molecule has 1 aliphatic heterocycles. The number of nitrogens with two attached hydrogens (primary N) is 1. The van der Waals surface area contributed by atoms with Gasteiger partial charge in [-0.05, 0) is 43.3 Å². The molecule has 0 fully saturated rings. The maximum absolute atomic E-state index is 12.7. The van der Waals surface area contributed by atoms with Crippen LogP contribution in [0.1, 0.15) is 21.5 Å². The average Bonchev–Trinajstić information content (AvgIpc) is 2.97. The maximum Gasteiger partial charge on any atom is 0.255 e. The molecule has 1 heterocycles. The van der Waals surface area contributed by atoms with Crippen LogP contribution < -0.4 is 24.7 Å². The van der Waals surface area contributed by atoms with Crippen molar-refractivity contribution in [1.29, 1.82) is 0 Å². The number of ketones is 1. The number of allylic oxidation sites excluding steroid dienone is 1. The number of hydrogen-bond acceptors (Lipinski definition) is 6. The highest BCUT2D eigenvalue weighted by Crippen LogP contribution is 2.40. The molecule has 2 aromatic rings. The molecule has 0 saturated heterocycles. The first-order valence-corrected chi connectivity index (χ1v) is 8.15. The summed E-state index contributed by atoms with van der Waals surface area (Å²) in [5.74, 6) is 1.36. The van der Waals surface area contributed by atoms with Gasteiger partial charge in [0.05, 0.1) is 19.8 Å². The molecule has 2 aromatic carbocycles. The Hall–Kier alpha value is -3.48. The fraction of sp³-hybridized carbons (Fsp3) is 0.200. The molecule has 0 aliphatic carbocycles. The summed E-state index contributed by atoms with van der Waals surface area (Å²) in [6, 6.07) is 8.48. The molecular weight excluding hydrogens is 350 g/mol. The molecule has 140 valence electrons. The van der Waals surface area contributed by atoms with Crippen molar-refractivity contribution in [2.75, 3.05) is 20.8 Å². The van der Waals surface area contributed by atoms with Crippen LogP contribution in [0.5, 0.6) is 23.0 Å². The van der Waals surface area contributed by atoms with Crippen LogP contribution in [0.2, 0.25) is 0 Å². The van der Waals surface area contributed by atoms with Gasteiger partial charge in [-0.2, -0.15) is 0 Å². The van der Waals surface area contributed by atoms with Crippen molar-refractivity contribution < 1.29 is 28.5 Å². The largest absolute Gasteiger partial charge is 0.497 e. The Morgan fingerprint density at radius 3 is 2.56 bits per heavy atom. The van der Waals surface area contributed by atoms with Gasteiger partial charge in [0.1, 0.15) is 23.0 Å². The van der Waals surface area contributed by atoms with E-state index in [1.807, 2.05) is 0 Å². The Bertz CT molecular complexity index is 948. The number of methoxy groups -OCH3 is 2. The molecule has 0 saturated carbocycles. The van der Waals surface area contributed by atoms with Crippen LogP contribution in [0.4, 0.5) is 0 Å². The molecule has 0 aromatic heterocycles. The number of primary amides is 1. The lowest BCUT2D eigenvalue weighted by Crippen LogP contribution is -2.20. The summed E-state index contributed by atoms with van der Waals surface area (Å²) < 4.78 is 21.7. The Balaban J connectivity index is 1.96. The van der Waals surface area contributed by atoms with E-state index in [0.29, 0.717) is 39.7 Å². The third-order valence-corrected chi connectivity index (χ3v) is 4.13. The zero-order chi connectivity index (χ0) is 19.6. The summed E-state index contributed by atoms with van der Waals surface area (Å²) in [7, 11) is 3.10. The first-order chi connectivity index (χ1) is 12.9. The van der Waals surface area contributed by atoms with Crippen molar-refractivity contribution in [3.63, 3.8) is 0 Å². The number of hydrogen-bond donors (Lipinski definition) is 1. The summed E-state index contributed by atoms with van der Waals surface area (Å²) >= 11 is 0. The number of rotatable bonds is 6. The maximum atomic E-state index is 12.7. The van der Waals surface area contributed by atoms with E-state index in [-0.39, 0.29) is 18.1 Å². The summed E-state index contributed by atoms with van der Waals surface area (Å²) in [6.07, 6.45) is 1.60. The molecule has 7 heteroatoms. The minimum absolute atomic E-state index is 0.159. The van der Waals surface area contributed by atoms with E-state index in [2.05, 4.69) is 0 Å². The van der Waals surface area contributed by atoms with Gasteiger partial charge in [-0.1, -0.05) is 0 Å². The zero-order valence-electron chi connectivity index (χ0n) is 15.2. The second kappa shape index (κ2) is 7.41. The van der Waals surface area contributed by atoms with Gasteiger partial charge in [0, 0.05) is 11.1 Å². The summed E-state index contributed by atoms with van der Waals surface area (Å²) in [4.78, 5) is 23.6. The van der Waals surface area contributed by atoms with E-state index < -0.39 is 5.91 Å². The van der Waals surface area contributed by atoms with Crippen molar-refractivity contribution in [3.8, 4) is 23.0 Å². The lowest BCUT2D eigenvalue weighted by atomic mass is 10.1. The highest BCUT2D eigenvalue weighted by molar-refractivity contribution is 6.15. The molecule has 27 heavy (non-hydrogen) atoms. The molecule has 1 amide bonds. The van der Waals surface area contributed by atoms with Crippen LogP contribution >= 0.6 is 0 Å². The Morgan fingerprint density at radius 2 is 1.89 bits per heavy atom. The lowest BCUT2D eigenvalue weighted by Gasteiger charge is -2.10. The quantitative estimate of drug-likeness (QED) is 0.786. The van der Waals surface area contributed by atoms with E-state index in [1.54, 1.807) is 57.6 Å². The number of amides is 1. The van der Waals surface area contributed by atoms with Gasteiger partial charge in [0.15, 0.2) is 12.4 Å². The van der Waals surface area contributed by atoms with Crippen LogP contribution in [0.25, 0.3) is 6.08 Å². The van der Waals surface area contributed by atoms with Gasteiger partial charge in [-0.25, -0.2) is 0 Å². The van der Waals surface area contributed by atoms with Gasteiger partial charge in [0.25, 0.3) is 5.91 Å². The number of carbonyl (C=O) groups excluding carboxylic acids is 2. The van der Waals surface area contributed by atoms with Crippen molar-refractivity contribution in [1.82, 2.24) is 0 Å². The van der Waals surface area contributed by atoms with Crippen molar-refractivity contribution in [2.45, 2.75) is 6.92 Å². The summed E-state index contributed by atoms with van der Waals surface area (Å²) in [6.45, 7) is 1.49. The molecule has 0 spiro atoms. The van der Waals surface area contributed by atoms with Gasteiger partial charge in [0.2, 0.25) is 5.78 Å². The van der Waals surface area contributed by atoms with E-state index in [9.17, 15) is 9.59 Å². The predicted molar refractivity (Wildman–Crippen MR) is 98.3 cm³/mol. The Kier molecular flexibility index (Phi) is 5.03. The van der Waals surface area contributed by atoms with Gasteiger partial charge < -0.3 is 24.7 Å². The smallest absolute Gasteiger partial charge is 0.255 e. The Morgan fingerprint density at radius 1 is 1.15 bits per heavy atom. The van der Waals surface area contributed by atoms with E-state index in [4.69, 9.17) is 24.7 Å². The van der Waals surface area contributed by atoms with Gasteiger partial charge in [-0.3, -0.25) is 9.59 Å². The summed E-state index contributed by atoms with van der Waals surface area (Å²) in [5.41, 5.74) is 6.79. The first kappa shape index (κ1) is 18.3. The second-order valence-electron chi connectivity index (χ2n) is 5.87. The van der Waals surface area contributed by atoms with Crippen LogP contribution in [-0.2, 0) is 4.79 Å². The highest BCUT2D eigenvalue weighted by atomic mass is 16.5. The minimum atomic E-state index is -0.586.